The van der Waals surface area contributed by atoms with Crippen LogP contribution in [0.25, 0.3) is 10.8 Å². The van der Waals surface area contributed by atoms with Crippen molar-refractivity contribution < 1.29 is 4.79 Å². The molecule has 2 rings (SSSR count). The van der Waals surface area contributed by atoms with Gasteiger partial charge in [-0.2, -0.15) is 0 Å². The molecule has 0 bridgehead atoms. The monoisotopic (exact) mass is 270 g/mol. The minimum atomic E-state index is 0.0151. The minimum Gasteiger partial charge on any atom is -0.328 e. The lowest BCUT2D eigenvalue weighted by atomic mass is 9.92. The molecule has 1 aromatic heterocycles. The number of Topliss-reactive ketones (excluding diaryl/α,β-unsaturated/α-hetero) is 1. The molecular formula is C17H22N2O. The Bertz CT molecular complexity index is 587. The van der Waals surface area contributed by atoms with Crippen molar-refractivity contribution in [1.82, 2.24) is 4.98 Å². The average Bonchev–Trinajstić information content (AvgIpc) is 2.45. The van der Waals surface area contributed by atoms with E-state index in [0.717, 1.165) is 35.6 Å². The van der Waals surface area contributed by atoms with Crippen molar-refractivity contribution in [3.63, 3.8) is 0 Å². The van der Waals surface area contributed by atoms with E-state index in [9.17, 15) is 4.79 Å². The number of carbonyl (C=O) groups excluding carboxylic acids is 1. The topological polar surface area (TPSA) is 56.0 Å². The molecule has 1 aromatic carbocycles. The van der Waals surface area contributed by atoms with E-state index in [1.165, 1.54) is 0 Å². The predicted molar refractivity (Wildman–Crippen MR) is 82.7 cm³/mol. The molecule has 0 fully saturated rings. The molecule has 2 atom stereocenters. The van der Waals surface area contributed by atoms with Crippen LogP contribution in [0.1, 0.15) is 43.5 Å². The summed E-state index contributed by atoms with van der Waals surface area (Å²) in [5, 5.41) is 2.01. The maximum absolute atomic E-state index is 12.6. The number of aromatic nitrogens is 1. The van der Waals surface area contributed by atoms with Gasteiger partial charge in [0.15, 0.2) is 5.78 Å². The lowest BCUT2D eigenvalue weighted by molar-refractivity contribution is 0.0923. The Morgan fingerprint density at radius 2 is 1.95 bits per heavy atom. The van der Waals surface area contributed by atoms with Crippen LogP contribution in [0, 0.1) is 5.92 Å². The zero-order valence-electron chi connectivity index (χ0n) is 12.2. The second-order valence-corrected chi connectivity index (χ2v) is 5.58. The Labute approximate surface area is 120 Å². The fourth-order valence-electron chi connectivity index (χ4n) is 2.46. The molecule has 0 saturated heterocycles. The van der Waals surface area contributed by atoms with Crippen molar-refractivity contribution in [3.8, 4) is 0 Å². The number of fused-ring (bicyclic) bond motifs is 1. The van der Waals surface area contributed by atoms with E-state index >= 15 is 0 Å². The third-order valence-corrected chi connectivity index (χ3v) is 3.68. The van der Waals surface area contributed by atoms with Crippen LogP contribution in [0.5, 0.6) is 0 Å². The average molecular weight is 270 g/mol. The lowest BCUT2D eigenvalue weighted by Crippen LogP contribution is -2.16. The number of hydrogen-bond acceptors (Lipinski definition) is 3. The summed E-state index contributed by atoms with van der Waals surface area (Å²) in [5.74, 6) is 0.195. The van der Waals surface area contributed by atoms with Crippen molar-refractivity contribution in [3.05, 3.63) is 42.2 Å². The standard InChI is InChI=1S/C17H22N2O/c1-12(6-5-7-13(2)18)17(20)16-11-19-10-14-8-3-4-9-15(14)16/h3-4,8-13H,5-7,18H2,1-2H3. The normalized spacial score (nSPS) is 14.2. The summed E-state index contributed by atoms with van der Waals surface area (Å²) in [6.45, 7) is 3.99. The maximum atomic E-state index is 12.6. The molecule has 106 valence electrons. The van der Waals surface area contributed by atoms with Gasteiger partial charge in [-0.1, -0.05) is 37.6 Å². The van der Waals surface area contributed by atoms with E-state index in [1.807, 2.05) is 38.1 Å². The fraction of sp³-hybridized carbons (Fsp3) is 0.412. The van der Waals surface area contributed by atoms with Crippen LogP contribution < -0.4 is 5.73 Å². The number of nitrogens with zero attached hydrogens (tertiary/aromatic N) is 1. The molecule has 2 unspecified atom stereocenters. The third kappa shape index (κ3) is 3.42. The van der Waals surface area contributed by atoms with Gasteiger partial charge in [0, 0.05) is 35.3 Å². The molecule has 2 aromatic rings. The van der Waals surface area contributed by atoms with Gasteiger partial charge in [-0.3, -0.25) is 9.78 Å². The minimum absolute atomic E-state index is 0.0151. The van der Waals surface area contributed by atoms with Crippen LogP contribution in [-0.2, 0) is 0 Å². The molecule has 3 nitrogen and oxygen atoms in total. The number of hydrogen-bond donors (Lipinski definition) is 1. The highest BCUT2D eigenvalue weighted by Gasteiger charge is 2.17. The van der Waals surface area contributed by atoms with E-state index < -0.39 is 0 Å². The van der Waals surface area contributed by atoms with Gasteiger partial charge in [0.05, 0.1) is 0 Å². The Morgan fingerprint density at radius 1 is 1.20 bits per heavy atom. The Hall–Kier alpha value is -1.74. The molecular weight excluding hydrogens is 248 g/mol. The van der Waals surface area contributed by atoms with Crippen LogP contribution in [0.2, 0.25) is 0 Å². The van der Waals surface area contributed by atoms with E-state index in [-0.39, 0.29) is 17.7 Å². The molecule has 0 saturated carbocycles. The summed E-state index contributed by atoms with van der Waals surface area (Å²) in [5.41, 5.74) is 6.48. The first-order chi connectivity index (χ1) is 9.59. The molecule has 0 aliphatic heterocycles. The van der Waals surface area contributed by atoms with E-state index in [2.05, 4.69) is 4.98 Å². The number of carbonyl (C=O) groups is 1. The molecule has 20 heavy (non-hydrogen) atoms. The highest BCUT2D eigenvalue weighted by Crippen LogP contribution is 2.22. The number of rotatable bonds is 6. The molecule has 0 amide bonds. The first kappa shape index (κ1) is 14.7. The molecule has 0 aliphatic carbocycles. The van der Waals surface area contributed by atoms with Gasteiger partial charge < -0.3 is 5.73 Å². The zero-order valence-corrected chi connectivity index (χ0v) is 12.2. The van der Waals surface area contributed by atoms with Crippen LogP contribution >= 0.6 is 0 Å². The number of benzene rings is 1. The maximum Gasteiger partial charge on any atom is 0.167 e. The number of ketones is 1. The van der Waals surface area contributed by atoms with Gasteiger partial charge in [-0.15, -0.1) is 0 Å². The van der Waals surface area contributed by atoms with Crippen molar-refractivity contribution in [2.75, 3.05) is 0 Å². The van der Waals surface area contributed by atoms with Crippen molar-refractivity contribution in [2.45, 2.75) is 39.2 Å². The van der Waals surface area contributed by atoms with Gasteiger partial charge in [0.1, 0.15) is 0 Å². The van der Waals surface area contributed by atoms with Crippen molar-refractivity contribution in [1.29, 1.82) is 0 Å². The van der Waals surface area contributed by atoms with Gasteiger partial charge in [0.25, 0.3) is 0 Å². The quantitative estimate of drug-likeness (QED) is 0.816. The summed E-state index contributed by atoms with van der Waals surface area (Å²) >= 11 is 0. The Balaban J connectivity index is 2.14. The van der Waals surface area contributed by atoms with Crippen LogP contribution in [0.3, 0.4) is 0 Å². The van der Waals surface area contributed by atoms with Gasteiger partial charge >= 0.3 is 0 Å². The summed E-state index contributed by atoms with van der Waals surface area (Å²) in [6.07, 6.45) is 6.32. The van der Waals surface area contributed by atoms with Gasteiger partial charge in [-0.25, -0.2) is 0 Å². The summed E-state index contributed by atoms with van der Waals surface area (Å²) in [6, 6.07) is 8.10. The first-order valence-electron chi connectivity index (χ1n) is 7.22. The highest BCUT2D eigenvalue weighted by atomic mass is 16.1. The smallest absolute Gasteiger partial charge is 0.167 e. The fourth-order valence-corrected chi connectivity index (χ4v) is 2.46. The Morgan fingerprint density at radius 3 is 2.70 bits per heavy atom. The summed E-state index contributed by atoms with van der Waals surface area (Å²) < 4.78 is 0. The SMILES string of the molecule is CC(N)CCCC(C)C(=O)c1cncc2ccccc12. The molecule has 2 N–H and O–H groups in total. The number of pyridine rings is 1. The molecule has 0 radical (unpaired) electrons. The Kier molecular flexibility index (Phi) is 4.85. The number of nitrogens with two attached hydrogens (primary N) is 1. The second-order valence-electron chi connectivity index (χ2n) is 5.58. The zero-order chi connectivity index (χ0) is 14.5. The van der Waals surface area contributed by atoms with Gasteiger partial charge in [-0.05, 0) is 25.2 Å². The van der Waals surface area contributed by atoms with Crippen molar-refractivity contribution >= 4 is 16.6 Å². The first-order valence-corrected chi connectivity index (χ1v) is 7.22. The van der Waals surface area contributed by atoms with Crippen LogP contribution in [-0.4, -0.2) is 16.8 Å². The molecule has 1 heterocycles. The van der Waals surface area contributed by atoms with Crippen LogP contribution in [0.15, 0.2) is 36.7 Å². The van der Waals surface area contributed by atoms with Gasteiger partial charge in [0.2, 0.25) is 0 Å². The van der Waals surface area contributed by atoms with E-state index in [0.29, 0.717) is 0 Å². The van der Waals surface area contributed by atoms with E-state index in [1.54, 1.807) is 12.4 Å². The summed E-state index contributed by atoms with van der Waals surface area (Å²) in [7, 11) is 0. The van der Waals surface area contributed by atoms with Crippen molar-refractivity contribution in [2.24, 2.45) is 11.7 Å². The molecule has 0 spiro atoms. The largest absolute Gasteiger partial charge is 0.328 e. The second kappa shape index (κ2) is 6.62. The van der Waals surface area contributed by atoms with Crippen LogP contribution in [0.4, 0.5) is 0 Å². The predicted octanol–water partition coefficient (Wildman–Crippen LogP) is 3.57. The third-order valence-electron chi connectivity index (χ3n) is 3.68. The summed E-state index contributed by atoms with van der Waals surface area (Å²) in [4.78, 5) is 16.7. The highest BCUT2D eigenvalue weighted by molar-refractivity contribution is 6.08. The molecule has 0 aliphatic rings. The molecule has 3 heteroatoms. The van der Waals surface area contributed by atoms with E-state index in [4.69, 9.17) is 5.73 Å². The lowest BCUT2D eigenvalue weighted by Gasteiger charge is -2.12.